The lowest BCUT2D eigenvalue weighted by molar-refractivity contribution is 0.0975. The average molecular weight is 452 g/mol. The zero-order chi connectivity index (χ0) is 20.0. The van der Waals surface area contributed by atoms with Crippen LogP contribution in [0.25, 0.3) is 0 Å². The molecule has 0 amide bonds. The minimum Gasteiger partial charge on any atom is -0.398 e. The Morgan fingerprint density at radius 2 is 1.24 bits per heavy atom. The fraction of sp³-hybridized carbons (Fsp3) is 0. The highest BCUT2D eigenvalue weighted by molar-refractivity contribution is 8.01. The molecule has 0 saturated carbocycles. The van der Waals surface area contributed by atoms with Gasteiger partial charge in [0.05, 0.1) is 14.0 Å². The van der Waals surface area contributed by atoms with Gasteiger partial charge in [-0.05, 0) is 41.1 Å². The molecule has 0 saturated heterocycles. The molecule has 3 nitrogen and oxygen atoms in total. The fourth-order valence-electron chi connectivity index (χ4n) is 3.32. The summed E-state index contributed by atoms with van der Waals surface area (Å²) < 4.78 is 2.14. The monoisotopic (exact) mass is 451 g/mol. The van der Waals surface area contributed by atoms with Gasteiger partial charge in [0.25, 0.3) is 0 Å². The lowest BCUT2D eigenvalue weighted by atomic mass is 9.83. The van der Waals surface area contributed by atoms with Crippen molar-refractivity contribution in [2.45, 2.75) is 18.2 Å². The van der Waals surface area contributed by atoms with Crippen LogP contribution in [0.5, 0.6) is 0 Å². The van der Waals surface area contributed by atoms with Crippen LogP contribution < -0.4 is 5.73 Å². The van der Waals surface area contributed by atoms with Crippen LogP contribution in [-0.4, -0.2) is 11.6 Å². The van der Waals surface area contributed by atoms with Gasteiger partial charge in [-0.3, -0.25) is 9.59 Å². The van der Waals surface area contributed by atoms with Crippen molar-refractivity contribution in [3.63, 3.8) is 0 Å². The van der Waals surface area contributed by atoms with Crippen LogP contribution in [0.4, 0.5) is 5.69 Å². The summed E-state index contributed by atoms with van der Waals surface area (Å²) in [5, 5.41) is 3.99. The summed E-state index contributed by atoms with van der Waals surface area (Å²) in [6.07, 6.45) is 0. The van der Waals surface area contributed by atoms with Gasteiger partial charge in [-0.15, -0.1) is 22.7 Å². The number of anilines is 1. The van der Waals surface area contributed by atoms with Gasteiger partial charge in [-0.2, -0.15) is 0 Å². The molecule has 0 aliphatic heterocycles. The maximum atomic E-state index is 13.5. The normalized spacial score (nSPS) is 12.7. The molecule has 142 valence electrons. The standard InChI is InChI=1S/C22H13NO2S4/c23-13-5-1-4-12-18(13)22(25)20-15(29-17-7-3-11-27-17)9-8-14(19(20)21(12)24)28-16-6-2-10-26-16/h1-11H,23H2. The molecule has 1 aliphatic rings. The van der Waals surface area contributed by atoms with E-state index >= 15 is 0 Å². The second-order valence-electron chi connectivity index (χ2n) is 6.31. The van der Waals surface area contributed by atoms with E-state index in [-0.39, 0.29) is 11.6 Å². The quantitative estimate of drug-likeness (QED) is 0.317. The summed E-state index contributed by atoms with van der Waals surface area (Å²) in [4.78, 5) is 28.6. The minimum absolute atomic E-state index is 0.144. The molecule has 0 radical (unpaired) electrons. The van der Waals surface area contributed by atoms with Crippen LogP contribution in [-0.2, 0) is 0 Å². The number of fused-ring (bicyclic) bond motifs is 2. The van der Waals surface area contributed by atoms with Crippen LogP contribution in [0.15, 0.2) is 83.6 Å². The second-order valence-corrected chi connectivity index (χ2v) is 10.9. The van der Waals surface area contributed by atoms with E-state index in [9.17, 15) is 9.59 Å². The van der Waals surface area contributed by atoms with Crippen molar-refractivity contribution in [1.82, 2.24) is 0 Å². The molecule has 0 bridgehead atoms. The van der Waals surface area contributed by atoms with E-state index in [1.54, 1.807) is 40.9 Å². The van der Waals surface area contributed by atoms with E-state index in [2.05, 4.69) is 0 Å². The van der Waals surface area contributed by atoms with Gasteiger partial charge >= 0.3 is 0 Å². The number of carbonyl (C=O) groups is 2. The highest BCUT2D eigenvalue weighted by atomic mass is 32.2. The predicted molar refractivity (Wildman–Crippen MR) is 121 cm³/mol. The molecule has 2 aromatic carbocycles. The van der Waals surface area contributed by atoms with Crippen molar-refractivity contribution >= 4 is 63.5 Å². The number of carbonyl (C=O) groups excluding carboxylic acids is 2. The molecule has 2 heterocycles. The molecule has 0 unspecified atom stereocenters. The van der Waals surface area contributed by atoms with Crippen molar-refractivity contribution in [2.24, 2.45) is 0 Å². The molecule has 29 heavy (non-hydrogen) atoms. The molecule has 2 N–H and O–H groups in total. The van der Waals surface area contributed by atoms with E-state index in [4.69, 9.17) is 5.73 Å². The van der Waals surface area contributed by atoms with Crippen molar-refractivity contribution in [2.75, 3.05) is 5.73 Å². The van der Waals surface area contributed by atoms with E-state index in [1.165, 1.54) is 23.5 Å². The fourth-order valence-corrected chi connectivity index (χ4v) is 7.06. The molecule has 1 aliphatic carbocycles. The Bertz CT molecular complexity index is 1240. The first-order valence-electron chi connectivity index (χ1n) is 8.71. The summed E-state index contributed by atoms with van der Waals surface area (Å²) in [6.45, 7) is 0. The molecule has 0 spiro atoms. The number of hydrogen-bond acceptors (Lipinski definition) is 7. The SMILES string of the molecule is Nc1cccc2c1C(=O)c1c(Sc3cccs3)ccc(Sc3cccs3)c1C2=O. The zero-order valence-electron chi connectivity index (χ0n) is 14.9. The van der Waals surface area contributed by atoms with Crippen LogP contribution in [0.3, 0.4) is 0 Å². The van der Waals surface area contributed by atoms with E-state index < -0.39 is 0 Å². The topological polar surface area (TPSA) is 60.2 Å². The minimum atomic E-state index is -0.180. The smallest absolute Gasteiger partial charge is 0.197 e. The Labute approximate surface area is 184 Å². The van der Waals surface area contributed by atoms with Crippen molar-refractivity contribution in [1.29, 1.82) is 0 Å². The Kier molecular flexibility index (Phi) is 4.83. The van der Waals surface area contributed by atoms with Crippen molar-refractivity contribution < 1.29 is 9.59 Å². The van der Waals surface area contributed by atoms with Crippen LogP contribution in [0, 0.1) is 0 Å². The van der Waals surface area contributed by atoms with Crippen molar-refractivity contribution in [3.05, 3.63) is 87.6 Å². The number of nitrogen functional groups attached to an aromatic ring is 1. The number of nitrogens with two attached hydrogens (primary N) is 1. The molecule has 2 aromatic heterocycles. The Hall–Kier alpha value is -2.32. The molecule has 7 heteroatoms. The number of hydrogen-bond donors (Lipinski definition) is 1. The predicted octanol–water partition coefficient (Wildman–Crippen LogP) is 6.47. The highest BCUT2D eigenvalue weighted by Gasteiger charge is 2.35. The highest BCUT2D eigenvalue weighted by Crippen LogP contribution is 2.44. The van der Waals surface area contributed by atoms with Crippen LogP contribution >= 0.6 is 46.2 Å². The first-order valence-corrected chi connectivity index (χ1v) is 12.1. The zero-order valence-corrected chi connectivity index (χ0v) is 18.1. The van der Waals surface area contributed by atoms with Crippen LogP contribution in [0.1, 0.15) is 31.8 Å². The number of benzene rings is 2. The largest absolute Gasteiger partial charge is 0.398 e. The lowest BCUT2D eigenvalue weighted by Gasteiger charge is -2.23. The second kappa shape index (κ2) is 7.50. The average Bonchev–Trinajstić information content (AvgIpc) is 3.41. The number of rotatable bonds is 4. The summed E-state index contributed by atoms with van der Waals surface area (Å²) in [7, 11) is 0. The summed E-state index contributed by atoms with van der Waals surface area (Å²) >= 11 is 6.24. The molecular formula is C22H13NO2S4. The third-order valence-electron chi connectivity index (χ3n) is 4.56. The molecule has 5 rings (SSSR count). The van der Waals surface area contributed by atoms with Crippen molar-refractivity contribution in [3.8, 4) is 0 Å². The third kappa shape index (κ3) is 3.24. The maximum Gasteiger partial charge on any atom is 0.197 e. The van der Waals surface area contributed by atoms with E-state index in [0.717, 1.165) is 18.2 Å². The Morgan fingerprint density at radius 1 is 0.655 bits per heavy atom. The molecular weight excluding hydrogens is 439 g/mol. The number of ketones is 2. The van der Waals surface area contributed by atoms with Crippen LogP contribution in [0.2, 0.25) is 0 Å². The molecule has 0 atom stereocenters. The summed E-state index contributed by atoms with van der Waals surface area (Å²) in [6, 6.07) is 16.9. The molecule has 0 fully saturated rings. The van der Waals surface area contributed by atoms with E-state index in [0.29, 0.717) is 27.9 Å². The van der Waals surface area contributed by atoms with Gasteiger partial charge in [-0.25, -0.2) is 0 Å². The number of thiophene rings is 2. The Balaban J connectivity index is 1.72. The first-order chi connectivity index (χ1) is 14.1. The summed E-state index contributed by atoms with van der Waals surface area (Å²) in [5.74, 6) is -0.324. The lowest BCUT2D eigenvalue weighted by Crippen LogP contribution is -2.24. The van der Waals surface area contributed by atoms with Gasteiger partial charge in [0.2, 0.25) is 0 Å². The van der Waals surface area contributed by atoms with E-state index in [1.807, 2.05) is 47.2 Å². The van der Waals surface area contributed by atoms with Gasteiger partial charge in [0.1, 0.15) is 0 Å². The summed E-state index contributed by atoms with van der Waals surface area (Å²) in [5.41, 5.74) is 8.08. The Morgan fingerprint density at radius 3 is 1.79 bits per heavy atom. The van der Waals surface area contributed by atoms with Gasteiger partial charge in [0, 0.05) is 32.2 Å². The first kappa shape index (κ1) is 18.7. The third-order valence-corrected chi connectivity index (χ3v) is 8.76. The van der Waals surface area contributed by atoms with Gasteiger partial charge in [-0.1, -0.05) is 47.8 Å². The maximum absolute atomic E-state index is 13.5. The molecule has 4 aromatic rings. The van der Waals surface area contributed by atoms with Gasteiger partial charge in [0.15, 0.2) is 11.6 Å². The van der Waals surface area contributed by atoms with Gasteiger partial charge < -0.3 is 5.73 Å².